The van der Waals surface area contributed by atoms with Gasteiger partial charge in [0.25, 0.3) is 5.92 Å². The number of pyridine rings is 1. The van der Waals surface area contributed by atoms with Crippen molar-refractivity contribution in [2.75, 3.05) is 36.4 Å². The Morgan fingerprint density at radius 2 is 2.04 bits per heavy atom. The predicted molar refractivity (Wildman–Crippen MR) is 103 cm³/mol. The summed E-state index contributed by atoms with van der Waals surface area (Å²) in [5.74, 6) is -1.89. The summed E-state index contributed by atoms with van der Waals surface area (Å²) in [5, 5.41) is 7.24. The number of aromatic nitrogens is 4. The summed E-state index contributed by atoms with van der Waals surface area (Å²) in [6.07, 6.45) is 2.93. The lowest BCUT2D eigenvalue weighted by atomic mass is 10.1. The van der Waals surface area contributed by atoms with Gasteiger partial charge in [-0.3, -0.25) is 0 Å². The van der Waals surface area contributed by atoms with E-state index in [9.17, 15) is 8.78 Å². The lowest BCUT2D eigenvalue weighted by Gasteiger charge is -2.28. The molecule has 0 unspecified atom stereocenters. The minimum Gasteiger partial charge on any atom is -0.364 e. The molecular weight excluding hydrogens is 364 g/mol. The van der Waals surface area contributed by atoms with Crippen LogP contribution in [0, 0.1) is 0 Å². The van der Waals surface area contributed by atoms with E-state index in [1.165, 1.54) is 6.33 Å². The van der Waals surface area contributed by atoms with E-state index < -0.39 is 11.8 Å². The van der Waals surface area contributed by atoms with Crippen molar-refractivity contribution in [3.05, 3.63) is 42.0 Å². The predicted octanol–water partition coefficient (Wildman–Crippen LogP) is 2.50. The highest BCUT2D eigenvalue weighted by Gasteiger charge is 2.58. The van der Waals surface area contributed by atoms with E-state index in [1.54, 1.807) is 6.20 Å². The fraction of sp³-hybridized carbons (Fsp3) is 0.421. The quantitative estimate of drug-likeness (QED) is 0.626. The molecule has 146 valence electrons. The molecule has 4 heterocycles. The van der Waals surface area contributed by atoms with Gasteiger partial charge in [-0.25, -0.2) is 23.7 Å². The third kappa shape index (κ3) is 3.15. The summed E-state index contributed by atoms with van der Waals surface area (Å²) in [6, 6.07) is 5.95. The number of aromatic amines is 1. The molecule has 1 saturated heterocycles. The van der Waals surface area contributed by atoms with Gasteiger partial charge in [-0.1, -0.05) is 6.07 Å². The Balaban J connectivity index is 1.37. The molecule has 3 N–H and O–H groups in total. The number of fused-ring (bicyclic) bond motifs is 1. The van der Waals surface area contributed by atoms with Crippen LogP contribution in [-0.4, -0.2) is 52.0 Å². The molecule has 1 atom stereocenters. The Kier molecular flexibility index (Phi) is 4.12. The lowest BCUT2D eigenvalue weighted by Crippen LogP contribution is -2.43. The molecule has 1 saturated carbocycles. The van der Waals surface area contributed by atoms with Crippen LogP contribution in [0.4, 0.5) is 20.4 Å². The van der Waals surface area contributed by atoms with Crippen molar-refractivity contribution < 1.29 is 8.78 Å². The first-order valence-corrected chi connectivity index (χ1v) is 9.47. The number of hydrogen-bond donors (Lipinski definition) is 3. The number of anilines is 2. The van der Waals surface area contributed by atoms with Crippen LogP contribution in [0.1, 0.15) is 23.6 Å². The fourth-order valence-corrected chi connectivity index (χ4v) is 3.76. The van der Waals surface area contributed by atoms with E-state index in [2.05, 4.69) is 30.5 Å². The van der Waals surface area contributed by atoms with Gasteiger partial charge < -0.3 is 20.5 Å². The van der Waals surface area contributed by atoms with Crippen molar-refractivity contribution >= 4 is 22.7 Å². The van der Waals surface area contributed by atoms with Gasteiger partial charge in [0.15, 0.2) is 0 Å². The number of rotatable bonds is 5. The zero-order valence-corrected chi connectivity index (χ0v) is 15.3. The Morgan fingerprint density at radius 1 is 1.21 bits per heavy atom. The summed E-state index contributed by atoms with van der Waals surface area (Å²) in [4.78, 5) is 18.4. The average molecular weight is 385 g/mol. The van der Waals surface area contributed by atoms with Crippen molar-refractivity contribution in [3.63, 3.8) is 0 Å². The van der Waals surface area contributed by atoms with Crippen LogP contribution < -0.4 is 15.5 Å². The molecule has 0 bridgehead atoms. The van der Waals surface area contributed by atoms with Crippen molar-refractivity contribution in [1.82, 2.24) is 25.3 Å². The van der Waals surface area contributed by atoms with Crippen LogP contribution >= 0.6 is 0 Å². The van der Waals surface area contributed by atoms with E-state index in [4.69, 9.17) is 4.98 Å². The second-order valence-electron chi connectivity index (χ2n) is 7.29. The van der Waals surface area contributed by atoms with Gasteiger partial charge in [-0.05, 0) is 17.7 Å². The van der Waals surface area contributed by atoms with Crippen LogP contribution in [0.25, 0.3) is 11.0 Å². The Bertz CT molecular complexity index is 997. The molecular formula is C19H21F2N7. The zero-order chi connectivity index (χ0) is 19.1. The van der Waals surface area contributed by atoms with Crippen molar-refractivity contribution in [3.8, 4) is 0 Å². The molecule has 0 radical (unpaired) electrons. The Labute approximate surface area is 160 Å². The van der Waals surface area contributed by atoms with Crippen molar-refractivity contribution in [2.24, 2.45) is 0 Å². The standard InChI is InChI=1S/C19H21F2N7/c20-19(21)8-14(19)13-10-24-18-16(13)17(25-11-26-18)23-9-12-2-1-3-15(27-12)28-6-4-22-5-7-28/h1-3,10-11,14,22H,4-9H2,(H2,23,24,25,26)/t14-/m1/s1. The molecule has 0 spiro atoms. The number of H-pyrrole nitrogens is 1. The maximum Gasteiger partial charge on any atom is 0.256 e. The fourth-order valence-electron chi connectivity index (χ4n) is 3.76. The molecule has 9 heteroatoms. The summed E-state index contributed by atoms with van der Waals surface area (Å²) in [5.41, 5.74) is 2.01. The molecule has 2 aliphatic rings. The number of hydrogen-bond acceptors (Lipinski definition) is 6. The molecule has 1 aliphatic heterocycles. The lowest BCUT2D eigenvalue weighted by molar-refractivity contribution is 0.112. The second kappa shape index (κ2) is 6.66. The van der Waals surface area contributed by atoms with Crippen LogP contribution in [-0.2, 0) is 6.54 Å². The molecule has 2 fully saturated rings. The van der Waals surface area contributed by atoms with E-state index in [0.29, 0.717) is 29.0 Å². The summed E-state index contributed by atoms with van der Waals surface area (Å²) in [6.45, 7) is 4.21. The highest BCUT2D eigenvalue weighted by atomic mass is 19.3. The topological polar surface area (TPSA) is 81.8 Å². The number of halogens is 2. The third-order valence-corrected chi connectivity index (χ3v) is 5.37. The zero-order valence-electron chi connectivity index (χ0n) is 15.3. The molecule has 0 amide bonds. The monoisotopic (exact) mass is 385 g/mol. The van der Waals surface area contributed by atoms with Crippen LogP contribution in [0.5, 0.6) is 0 Å². The van der Waals surface area contributed by atoms with E-state index in [1.807, 2.05) is 18.2 Å². The van der Waals surface area contributed by atoms with Gasteiger partial charge in [-0.2, -0.15) is 0 Å². The van der Waals surface area contributed by atoms with Crippen molar-refractivity contribution in [1.29, 1.82) is 0 Å². The molecule has 3 aromatic rings. The highest BCUT2D eigenvalue weighted by Crippen LogP contribution is 2.57. The highest BCUT2D eigenvalue weighted by molar-refractivity contribution is 5.91. The third-order valence-electron chi connectivity index (χ3n) is 5.37. The van der Waals surface area contributed by atoms with Gasteiger partial charge in [0.1, 0.15) is 23.6 Å². The van der Waals surface area contributed by atoms with E-state index in [0.717, 1.165) is 37.7 Å². The Morgan fingerprint density at radius 3 is 2.82 bits per heavy atom. The van der Waals surface area contributed by atoms with Gasteiger partial charge in [0.05, 0.1) is 23.5 Å². The molecule has 28 heavy (non-hydrogen) atoms. The smallest absolute Gasteiger partial charge is 0.256 e. The molecule has 5 rings (SSSR count). The summed E-state index contributed by atoms with van der Waals surface area (Å²) >= 11 is 0. The summed E-state index contributed by atoms with van der Waals surface area (Å²) in [7, 11) is 0. The first-order chi connectivity index (χ1) is 13.6. The molecule has 3 aromatic heterocycles. The van der Waals surface area contributed by atoms with Crippen LogP contribution in [0.2, 0.25) is 0 Å². The molecule has 0 aromatic carbocycles. The van der Waals surface area contributed by atoms with Gasteiger partial charge >= 0.3 is 0 Å². The van der Waals surface area contributed by atoms with Gasteiger partial charge in [0.2, 0.25) is 0 Å². The number of nitrogens with one attached hydrogen (secondary N) is 3. The number of piperazine rings is 1. The first-order valence-electron chi connectivity index (χ1n) is 9.47. The second-order valence-corrected chi connectivity index (χ2v) is 7.29. The van der Waals surface area contributed by atoms with Crippen molar-refractivity contribution in [2.45, 2.75) is 24.8 Å². The number of alkyl halides is 2. The molecule has 7 nitrogen and oxygen atoms in total. The minimum absolute atomic E-state index is 0.122. The summed E-state index contributed by atoms with van der Waals surface area (Å²) < 4.78 is 27.2. The molecule has 1 aliphatic carbocycles. The van der Waals surface area contributed by atoms with Crippen LogP contribution in [0.3, 0.4) is 0 Å². The normalized spacial score (nSPS) is 21.1. The van der Waals surface area contributed by atoms with E-state index in [-0.39, 0.29) is 6.42 Å². The van der Waals surface area contributed by atoms with E-state index >= 15 is 0 Å². The SMILES string of the molecule is FC1(F)C[C@@H]1c1c[nH]c2ncnc(NCc3cccc(N4CCNCC4)n3)c12. The van der Waals surface area contributed by atoms with Crippen LogP contribution in [0.15, 0.2) is 30.7 Å². The largest absolute Gasteiger partial charge is 0.364 e. The average Bonchev–Trinajstić information content (AvgIpc) is 3.15. The first kappa shape index (κ1) is 17.3. The minimum atomic E-state index is -2.64. The van der Waals surface area contributed by atoms with Gasteiger partial charge in [-0.15, -0.1) is 0 Å². The maximum atomic E-state index is 13.6. The van der Waals surface area contributed by atoms with Gasteiger partial charge in [0, 0.05) is 38.8 Å². The maximum absolute atomic E-state index is 13.6. The number of nitrogens with zero attached hydrogens (tertiary/aromatic N) is 4. The Hall–Kier alpha value is -2.81.